The van der Waals surface area contributed by atoms with Gasteiger partial charge in [-0.3, -0.25) is 4.79 Å². The van der Waals surface area contributed by atoms with Crippen LogP contribution in [0.2, 0.25) is 0 Å². The second kappa shape index (κ2) is 7.58. The fourth-order valence-corrected chi connectivity index (χ4v) is 3.26. The summed E-state index contributed by atoms with van der Waals surface area (Å²) in [5.41, 5.74) is 1.31. The number of hydrogen-bond acceptors (Lipinski definition) is 4. The van der Waals surface area contributed by atoms with E-state index < -0.39 is 5.60 Å². The number of hydrogen-bond donors (Lipinski definition) is 2. The highest BCUT2D eigenvalue weighted by atomic mass is 16.6. The molecule has 7 heteroatoms. The number of imidazole rings is 1. The summed E-state index contributed by atoms with van der Waals surface area (Å²) in [4.78, 5) is 34.4. The zero-order valence-electron chi connectivity index (χ0n) is 16.4. The van der Waals surface area contributed by atoms with Crippen LogP contribution in [0, 0.1) is 5.92 Å². The molecule has 1 aromatic heterocycles. The standard InChI is InChI=1S/C20H28N4O3/c1-5-14(17-21-15-8-6-7-9-16(15)22-17)23-18(25)13-10-11-24(12-13)19(26)27-20(2,3)4/h6-9,13-14H,5,10-12H2,1-4H3,(H,21,22)(H,23,25). The first kappa shape index (κ1) is 19.2. The number of carbonyl (C=O) groups is 2. The van der Waals surface area contributed by atoms with Crippen LogP contribution in [0.15, 0.2) is 24.3 Å². The molecule has 1 aliphatic heterocycles. The summed E-state index contributed by atoms with van der Waals surface area (Å²) in [7, 11) is 0. The minimum atomic E-state index is -0.536. The zero-order chi connectivity index (χ0) is 19.6. The molecule has 1 saturated heterocycles. The predicted octanol–water partition coefficient (Wildman–Crippen LogP) is 3.39. The molecule has 27 heavy (non-hydrogen) atoms. The molecule has 1 fully saturated rings. The molecule has 2 amide bonds. The van der Waals surface area contributed by atoms with E-state index in [-0.39, 0.29) is 24.0 Å². The van der Waals surface area contributed by atoms with Gasteiger partial charge in [0.05, 0.1) is 23.0 Å². The maximum absolute atomic E-state index is 12.7. The average molecular weight is 372 g/mol. The maximum atomic E-state index is 12.7. The van der Waals surface area contributed by atoms with Crippen LogP contribution in [-0.2, 0) is 9.53 Å². The fourth-order valence-electron chi connectivity index (χ4n) is 3.26. The summed E-state index contributed by atoms with van der Waals surface area (Å²) < 4.78 is 5.40. The lowest BCUT2D eigenvalue weighted by atomic mass is 10.1. The van der Waals surface area contributed by atoms with E-state index in [1.807, 2.05) is 52.0 Å². The Morgan fingerprint density at radius 2 is 2.11 bits per heavy atom. The van der Waals surface area contributed by atoms with Crippen molar-refractivity contribution in [2.45, 2.75) is 52.2 Å². The Kier molecular flexibility index (Phi) is 5.39. The molecule has 0 bridgehead atoms. The van der Waals surface area contributed by atoms with E-state index >= 15 is 0 Å². The van der Waals surface area contributed by atoms with Crippen molar-refractivity contribution in [2.75, 3.05) is 13.1 Å². The van der Waals surface area contributed by atoms with Crippen molar-refractivity contribution in [3.8, 4) is 0 Å². The van der Waals surface area contributed by atoms with Crippen LogP contribution in [0.25, 0.3) is 11.0 Å². The van der Waals surface area contributed by atoms with Gasteiger partial charge in [0.25, 0.3) is 0 Å². The SMILES string of the molecule is CCC(NC(=O)C1CCN(C(=O)OC(C)(C)C)C1)c1nc2ccccc2[nH]1. The van der Waals surface area contributed by atoms with Gasteiger partial charge in [-0.1, -0.05) is 19.1 Å². The van der Waals surface area contributed by atoms with E-state index in [1.165, 1.54) is 0 Å². The lowest BCUT2D eigenvalue weighted by molar-refractivity contribution is -0.125. The highest BCUT2D eigenvalue weighted by Crippen LogP contribution is 2.23. The summed E-state index contributed by atoms with van der Waals surface area (Å²) in [6, 6.07) is 7.62. The van der Waals surface area contributed by atoms with Gasteiger partial charge < -0.3 is 19.9 Å². The summed E-state index contributed by atoms with van der Waals surface area (Å²) in [6.45, 7) is 8.45. The molecular formula is C20H28N4O3. The Hall–Kier alpha value is -2.57. The predicted molar refractivity (Wildman–Crippen MR) is 103 cm³/mol. The van der Waals surface area contributed by atoms with Crippen molar-refractivity contribution >= 4 is 23.0 Å². The number of benzene rings is 1. The molecule has 3 rings (SSSR count). The lowest BCUT2D eigenvalue weighted by Crippen LogP contribution is -2.38. The number of rotatable bonds is 4. The van der Waals surface area contributed by atoms with Crippen LogP contribution in [0.5, 0.6) is 0 Å². The number of carbonyl (C=O) groups excluding carboxylic acids is 2. The van der Waals surface area contributed by atoms with Gasteiger partial charge in [-0.05, 0) is 45.7 Å². The van der Waals surface area contributed by atoms with Gasteiger partial charge in [-0.15, -0.1) is 0 Å². The highest BCUT2D eigenvalue weighted by molar-refractivity contribution is 5.81. The first-order valence-electron chi connectivity index (χ1n) is 9.49. The molecule has 2 N–H and O–H groups in total. The third-order valence-corrected chi connectivity index (χ3v) is 4.67. The van der Waals surface area contributed by atoms with Crippen LogP contribution in [0.4, 0.5) is 4.79 Å². The molecule has 2 atom stereocenters. The van der Waals surface area contributed by atoms with Gasteiger partial charge in [-0.25, -0.2) is 9.78 Å². The Labute approximate surface area is 159 Å². The molecule has 0 saturated carbocycles. The zero-order valence-corrected chi connectivity index (χ0v) is 16.4. The minimum Gasteiger partial charge on any atom is -0.444 e. The Morgan fingerprint density at radius 3 is 2.78 bits per heavy atom. The first-order chi connectivity index (χ1) is 12.8. The summed E-state index contributed by atoms with van der Waals surface area (Å²) >= 11 is 0. The molecule has 0 radical (unpaired) electrons. The number of nitrogens with zero attached hydrogens (tertiary/aromatic N) is 2. The smallest absolute Gasteiger partial charge is 0.410 e. The Balaban J connectivity index is 1.61. The largest absolute Gasteiger partial charge is 0.444 e. The number of aromatic nitrogens is 2. The van der Waals surface area contributed by atoms with E-state index in [0.717, 1.165) is 23.3 Å². The second-order valence-electron chi connectivity index (χ2n) is 8.02. The number of likely N-dealkylation sites (tertiary alicyclic amines) is 1. The summed E-state index contributed by atoms with van der Waals surface area (Å²) in [6.07, 6.45) is 1.01. The number of para-hydroxylation sites is 2. The Morgan fingerprint density at radius 1 is 1.37 bits per heavy atom. The third-order valence-electron chi connectivity index (χ3n) is 4.67. The van der Waals surface area contributed by atoms with Gasteiger partial charge in [-0.2, -0.15) is 0 Å². The Bertz CT molecular complexity index is 791. The molecule has 1 aliphatic rings. The summed E-state index contributed by atoms with van der Waals surface area (Å²) in [5, 5.41) is 3.08. The topological polar surface area (TPSA) is 87.3 Å². The molecule has 0 spiro atoms. The molecule has 2 aromatic rings. The van der Waals surface area contributed by atoms with E-state index in [1.54, 1.807) is 4.90 Å². The number of H-pyrrole nitrogens is 1. The lowest BCUT2D eigenvalue weighted by Gasteiger charge is -2.24. The average Bonchev–Trinajstić information content (AvgIpc) is 3.24. The van der Waals surface area contributed by atoms with Gasteiger partial charge in [0.1, 0.15) is 11.4 Å². The van der Waals surface area contributed by atoms with Crippen LogP contribution < -0.4 is 5.32 Å². The molecule has 2 unspecified atom stereocenters. The minimum absolute atomic E-state index is 0.0478. The van der Waals surface area contributed by atoms with Crippen molar-refractivity contribution in [1.29, 1.82) is 0 Å². The van der Waals surface area contributed by atoms with Crippen molar-refractivity contribution < 1.29 is 14.3 Å². The number of fused-ring (bicyclic) bond motifs is 1. The van der Waals surface area contributed by atoms with Gasteiger partial charge in [0, 0.05) is 13.1 Å². The second-order valence-corrected chi connectivity index (χ2v) is 8.02. The monoisotopic (exact) mass is 372 g/mol. The third kappa shape index (κ3) is 4.59. The molecule has 1 aromatic carbocycles. The molecule has 7 nitrogen and oxygen atoms in total. The number of ether oxygens (including phenoxy) is 1. The number of amides is 2. The number of nitrogens with one attached hydrogen (secondary N) is 2. The molecule has 0 aliphatic carbocycles. The van der Waals surface area contributed by atoms with Crippen molar-refractivity contribution in [3.63, 3.8) is 0 Å². The van der Waals surface area contributed by atoms with E-state index in [4.69, 9.17) is 4.74 Å². The van der Waals surface area contributed by atoms with Crippen LogP contribution in [0.1, 0.15) is 52.4 Å². The first-order valence-corrected chi connectivity index (χ1v) is 9.49. The van der Waals surface area contributed by atoms with Gasteiger partial charge in [0.15, 0.2) is 0 Å². The maximum Gasteiger partial charge on any atom is 0.410 e. The van der Waals surface area contributed by atoms with Crippen molar-refractivity contribution in [3.05, 3.63) is 30.1 Å². The van der Waals surface area contributed by atoms with E-state index in [0.29, 0.717) is 19.5 Å². The van der Waals surface area contributed by atoms with E-state index in [9.17, 15) is 9.59 Å². The van der Waals surface area contributed by atoms with Gasteiger partial charge in [0.2, 0.25) is 5.91 Å². The quantitative estimate of drug-likeness (QED) is 0.861. The molecular weight excluding hydrogens is 344 g/mol. The number of aromatic amines is 1. The fraction of sp³-hybridized carbons (Fsp3) is 0.550. The van der Waals surface area contributed by atoms with E-state index in [2.05, 4.69) is 15.3 Å². The van der Waals surface area contributed by atoms with Crippen molar-refractivity contribution in [1.82, 2.24) is 20.2 Å². The van der Waals surface area contributed by atoms with Crippen LogP contribution >= 0.6 is 0 Å². The van der Waals surface area contributed by atoms with Crippen LogP contribution in [-0.4, -0.2) is 45.6 Å². The van der Waals surface area contributed by atoms with Gasteiger partial charge >= 0.3 is 6.09 Å². The normalized spacial score (nSPS) is 18.5. The summed E-state index contributed by atoms with van der Waals surface area (Å²) in [5.74, 6) is 0.485. The molecule has 146 valence electrons. The molecule has 2 heterocycles. The van der Waals surface area contributed by atoms with Crippen molar-refractivity contribution in [2.24, 2.45) is 5.92 Å². The highest BCUT2D eigenvalue weighted by Gasteiger charge is 2.34. The van der Waals surface area contributed by atoms with Crippen LogP contribution in [0.3, 0.4) is 0 Å².